The molecule has 0 aromatic carbocycles. The molecule has 3 heterocycles. The largest absolute Gasteiger partial charge is 0.383 e. The van der Waals surface area contributed by atoms with E-state index >= 15 is 0 Å². The average Bonchev–Trinajstić information content (AvgIpc) is 2.97. The first kappa shape index (κ1) is 20.6. The van der Waals surface area contributed by atoms with Crippen LogP contribution in [0.4, 0.5) is 5.82 Å². The highest BCUT2D eigenvalue weighted by atomic mass is 35.5. The van der Waals surface area contributed by atoms with Crippen LogP contribution in [0.1, 0.15) is 50.9 Å². The van der Waals surface area contributed by atoms with Gasteiger partial charge in [-0.25, -0.2) is 9.97 Å². The molecule has 0 amide bonds. The highest BCUT2D eigenvalue weighted by Crippen LogP contribution is 2.36. The van der Waals surface area contributed by atoms with E-state index in [1.54, 1.807) is 7.11 Å². The average molecular weight is 401 g/mol. The molecule has 0 aliphatic carbocycles. The van der Waals surface area contributed by atoms with Gasteiger partial charge in [0, 0.05) is 31.1 Å². The van der Waals surface area contributed by atoms with Gasteiger partial charge in [0.2, 0.25) is 0 Å². The van der Waals surface area contributed by atoms with Crippen LogP contribution in [0.25, 0.3) is 22.3 Å². The molecule has 3 rings (SSSR count). The second-order valence-corrected chi connectivity index (χ2v) is 7.93. The van der Waals surface area contributed by atoms with Crippen molar-refractivity contribution >= 4 is 28.5 Å². The zero-order chi connectivity index (χ0) is 20.4. The third kappa shape index (κ3) is 3.87. The van der Waals surface area contributed by atoms with Crippen molar-refractivity contribution in [3.8, 4) is 11.3 Å². The molecule has 0 saturated heterocycles. The number of pyridine rings is 2. The molecule has 1 atom stereocenters. The van der Waals surface area contributed by atoms with Crippen molar-refractivity contribution in [1.82, 2.24) is 14.5 Å². The fourth-order valence-electron chi connectivity index (χ4n) is 3.47. The normalized spacial score (nSPS) is 12.7. The summed E-state index contributed by atoms with van der Waals surface area (Å²) in [5.41, 5.74) is 5.83. The summed E-state index contributed by atoms with van der Waals surface area (Å²) < 4.78 is 7.50. The molecule has 6 heteroatoms. The number of aromatic nitrogens is 3. The Bertz CT molecular complexity index is 980. The minimum atomic E-state index is 0.203. The Kier molecular flexibility index (Phi) is 6.26. The van der Waals surface area contributed by atoms with E-state index < -0.39 is 0 Å². The fourth-order valence-corrected chi connectivity index (χ4v) is 3.72. The molecule has 1 unspecified atom stereocenters. The second kappa shape index (κ2) is 8.50. The molecule has 1 N–H and O–H groups in total. The Hall–Kier alpha value is -2.11. The van der Waals surface area contributed by atoms with E-state index in [-0.39, 0.29) is 6.04 Å². The smallest absolute Gasteiger partial charge is 0.135 e. The summed E-state index contributed by atoms with van der Waals surface area (Å²) >= 11 is 6.71. The molecule has 3 aromatic heterocycles. The summed E-state index contributed by atoms with van der Waals surface area (Å²) in [5.74, 6) is 1.18. The van der Waals surface area contributed by atoms with Crippen molar-refractivity contribution in [2.45, 2.75) is 46.6 Å². The number of nitrogens with zero attached hydrogens (tertiary/aromatic N) is 3. The molecule has 28 heavy (non-hydrogen) atoms. The fraction of sp³-hybridized carbons (Fsp3) is 0.455. The predicted octanol–water partition coefficient (Wildman–Crippen LogP) is 5.82. The summed E-state index contributed by atoms with van der Waals surface area (Å²) in [6.45, 7) is 12.0. The van der Waals surface area contributed by atoms with Crippen LogP contribution in [-0.4, -0.2) is 34.8 Å². The molecule has 5 nitrogen and oxygen atoms in total. The topological polar surface area (TPSA) is 52.0 Å². The molecule has 3 aromatic rings. The summed E-state index contributed by atoms with van der Waals surface area (Å²) in [6, 6.07) is 6.33. The number of rotatable bonds is 7. The zero-order valence-electron chi connectivity index (χ0n) is 17.5. The number of halogens is 1. The van der Waals surface area contributed by atoms with Crippen LogP contribution in [0, 0.1) is 6.92 Å². The van der Waals surface area contributed by atoms with Gasteiger partial charge in [0.25, 0.3) is 0 Å². The molecule has 0 radical (unpaired) electrons. The number of ether oxygens (including phenoxy) is 1. The molecule has 0 bridgehead atoms. The van der Waals surface area contributed by atoms with Crippen LogP contribution in [-0.2, 0) is 4.74 Å². The number of aryl methyl sites for hydroxylation is 1. The number of methoxy groups -OCH3 is 1. The van der Waals surface area contributed by atoms with Crippen molar-refractivity contribution in [2.24, 2.45) is 0 Å². The number of nitrogens with one attached hydrogen (secondary N) is 1. The van der Waals surface area contributed by atoms with Crippen LogP contribution in [0.15, 0.2) is 24.4 Å². The number of hydrogen-bond donors (Lipinski definition) is 1. The first-order valence-electron chi connectivity index (χ1n) is 9.79. The summed E-state index contributed by atoms with van der Waals surface area (Å²) in [4.78, 5) is 9.76. The summed E-state index contributed by atoms with van der Waals surface area (Å²) in [6.07, 6.45) is 2.12. The van der Waals surface area contributed by atoms with Gasteiger partial charge in [0.1, 0.15) is 5.82 Å². The Morgan fingerprint density at radius 2 is 1.96 bits per heavy atom. The lowest BCUT2D eigenvalue weighted by Gasteiger charge is -2.16. The van der Waals surface area contributed by atoms with Crippen molar-refractivity contribution in [3.05, 3.63) is 40.7 Å². The SMILES string of the molecule is CCNc1nc(C(C)C)ccc1-c1nc2c(C)cn(C(C)COC)c2cc1Cl. The highest BCUT2D eigenvalue weighted by molar-refractivity contribution is 6.33. The molecule has 0 aliphatic heterocycles. The molecule has 150 valence electrons. The lowest BCUT2D eigenvalue weighted by atomic mass is 10.1. The maximum atomic E-state index is 6.71. The zero-order valence-corrected chi connectivity index (χ0v) is 18.3. The van der Waals surface area contributed by atoms with Crippen LogP contribution in [0.3, 0.4) is 0 Å². The van der Waals surface area contributed by atoms with Crippen molar-refractivity contribution < 1.29 is 4.74 Å². The Morgan fingerprint density at radius 3 is 2.61 bits per heavy atom. The van der Waals surface area contributed by atoms with E-state index in [9.17, 15) is 0 Å². The molecular formula is C22H29ClN4O. The molecule has 0 saturated carbocycles. The molecule has 0 spiro atoms. The van der Waals surface area contributed by atoms with Gasteiger partial charge in [0.05, 0.1) is 34.4 Å². The Labute approximate surface area is 172 Å². The third-order valence-electron chi connectivity index (χ3n) is 4.93. The number of fused-ring (bicyclic) bond motifs is 1. The van der Waals surface area contributed by atoms with E-state index in [0.29, 0.717) is 17.5 Å². The van der Waals surface area contributed by atoms with E-state index in [4.69, 9.17) is 26.3 Å². The molecule has 0 fully saturated rings. The summed E-state index contributed by atoms with van der Waals surface area (Å²) in [5, 5.41) is 3.99. The van der Waals surface area contributed by atoms with E-state index in [0.717, 1.165) is 45.9 Å². The van der Waals surface area contributed by atoms with Gasteiger partial charge in [-0.1, -0.05) is 25.4 Å². The van der Waals surface area contributed by atoms with Crippen LogP contribution in [0.2, 0.25) is 5.02 Å². The van der Waals surface area contributed by atoms with Gasteiger partial charge >= 0.3 is 0 Å². The van der Waals surface area contributed by atoms with Gasteiger partial charge in [-0.15, -0.1) is 0 Å². The second-order valence-electron chi connectivity index (χ2n) is 7.53. The van der Waals surface area contributed by atoms with Gasteiger partial charge < -0.3 is 14.6 Å². The molecular weight excluding hydrogens is 372 g/mol. The van der Waals surface area contributed by atoms with E-state index in [1.807, 2.05) is 6.07 Å². The van der Waals surface area contributed by atoms with Gasteiger partial charge in [-0.05, 0) is 50.5 Å². The third-order valence-corrected chi connectivity index (χ3v) is 5.22. The number of hydrogen-bond acceptors (Lipinski definition) is 4. The maximum Gasteiger partial charge on any atom is 0.135 e. The minimum Gasteiger partial charge on any atom is -0.383 e. The Morgan fingerprint density at radius 1 is 1.21 bits per heavy atom. The van der Waals surface area contributed by atoms with E-state index in [2.05, 4.69) is 62.8 Å². The maximum absolute atomic E-state index is 6.71. The van der Waals surface area contributed by atoms with E-state index in [1.165, 1.54) is 0 Å². The first-order valence-corrected chi connectivity index (χ1v) is 10.2. The molecule has 0 aliphatic rings. The predicted molar refractivity (Wildman–Crippen MR) is 118 cm³/mol. The van der Waals surface area contributed by atoms with Gasteiger partial charge in [-0.2, -0.15) is 0 Å². The monoisotopic (exact) mass is 400 g/mol. The van der Waals surface area contributed by atoms with Gasteiger partial charge in [0.15, 0.2) is 0 Å². The summed E-state index contributed by atoms with van der Waals surface area (Å²) in [7, 11) is 1.72. The lowest BCUT2D eigenvalue weighted by Crippen LogP contribution is -2.10. The van der Waals surface area contributed by atoms with Crippen LogP contribution < -0.4 is 5.32 Å². The quantitative estimate of drug-likeness (QED) is 0.542. The Balaban J connectivity index is 2.17. The van der Waals surface area contributed by atoms with Crippen LogP contribution >= 0.6 is 11.6 Å². The van der Waals surface area contributed by atoms with Crippen molar-refractivity contribution in [1.29, 1.82) is 0 Å². The minimum absolute atomic E-state index is 0.203. The van der Waals surface area contributed by atoms with Crippen molar-refractivity contribution in [2.75, 3.05) is 25.6 Å². The van der Waals surface area contributed by atoms with Crippen molar-refractivity contribution in [3.63, 3.8) is 0 Å². The number of anilines is 1. The highest BCUT2D eigenvalue weighted by Gasteiger charge is 2.18. The van der Waals surface area contributed by atoms with Crippen LogP contribution in [0.5, 0.6) is 0 Å². The standard InChI is InChI=1S/C22H29ClN4O/c1-7-24-22-16(8-9-18(25-22)13(2)3)21-17(23)10-19-20(26-21)14(4)11-27(19)15(5)12-28-6/h8-11,13,15H,7,12H2,1-6H3,(H,24,25). The lowest BCUT2D eigenvalue weighted by molar-refractivity contribution is 0.164. The first-order chi connectivity index (χ1) is 13.4. The van der Waals surface area contributed by atoms with Gasteiger partial charge in [-0.3, -0.25) is 0 Å².